The second-order valence-electron chi connectivity index (χ2n) is 10.1. The Morgan fingerprint density at radius 2 is 1.68 bits per heavy atom. The predicted molar refractivity (Wildman–Crippen MR) is 137 cm³/mol. The summed E-state index contributed by atoms with van der Waals surface area (Å²) in [6.07, 6.45) is 2.62. The van der Waals surface area contributed by atoms with E-state index in [4.69, 9.17) is 14.2 Å². The van der Waals surface area contributed by atoms with Gasteiger partial charge in [-0.3, -0.25) is 9.59 Å². The first-order valence-electron chi connectivity index (χ1n) is 12.7. The van der Waals surface area contributed by atoms with Crippen molar-refractivity contribution in [3.05, 3.63) is 66.2 Å². The van der Waals surface area contributed by atoms with Crippen LogP contribution in [0.5, 0.6) is 11.5 Å². The van der Waals surface area contributed by atoms with Crippen molar-refractivity contribution in [2.45, 2.75) is 43.8 Å². The fourth-order valence-electron chi connectivity index (χ4n) is 6.74. The first-order chi connectivity index (χ1) is 18.0. The third kappa shape index (κ3) is 3.36. The normalized spacial score (nSPS) is 28.0. The highest BCUT2D eigenvalue weighted by Crippen LogP contribution is 2.63. The SMILES string of the molecule is CC[C@@]12CC[C@@](CCOc3cccc(OC)c3)(O1)[C@H]1C(=O)N(c3ccc(C#N)c4ccccc34)C(=O)[C@H]12. The number of amides is 2. The van der Waals surface area contributed by atoms with E-state index in [1.54, 1.807) is 19.2 Å². The van der Waals surface area contributed by atoms with E-state index in [9.17, 15) is 14.9 Å². The van der Waals surface area contributed by atoms with Gasteiger partial charge in [-0.1, -0.05) is 37.3 Å². The number of hydrogen-bond donors (Lipinski definition) is 0. The minimum Gasteiger partial charge on any atom is -0.497 e. The Labute approximate surface area is 215 Å². The quantitative estimate of drug-likeness (QED) is 0.428. The summed E-state index contributed by atoms with van der Waals surface area (Å²) in [5, 5.41) is 11.0. The molecule has 188 valence electrons. The first kappa shape index (κ1) is 23.5. The van der Waals surface area contributed by atoms with E-state index in [0.717, 1.165) is 17.2 Å². The lowest BCUT2D eigenvalue weighted by Gasteiger charge is -2.31. The summed E-state index contributed by atoms with van der Waals surface area (Å²) >= 11 is 0. The number of carbonyl (C=O) groups is 2. The standard InChI is InChI=1S/C30H28N2O5/c1-3-29-13-14-30(37-29,15-16-36-21-8-6-7-20(17-21)35-2)26-25(29)27(33)32(28(26)34)24-12-11-19(18-31)22-9-4-5-10-23(22)24/h4-12,17,25-26H,3,13-16H2,1-2H3/t25-,26+,29-,30-/m0/s1. The molecule has 6 rings (SSSR count). The van der Waals surface area contributed by atoms with E-state index in [-0.39, 0.29) is 11.8 Å². The van der Waals surface area contributed by atoms with Crippen molar-refractivity contribution < 1.29 is 23.8 Å². The monoisotopic (exact) mass is 496 g/mol. The molecule has 0 spiro atoms. The lowest BCUT2D eigenvalue weighted by atomic mass is 9.66. The van der Waals surface area contributed by atoms with Crippen LogP contribution >= 0.6 is 0 Å². The number of methoxy groups -OCH3 is 1. The van der Waals surface area contributed by atoms with Crippen LogP contribution in [-0.4, -0.2) is 36.7 Å². The highest BCUT2D eigenvalue weighted by atomic mass is 16.5. The Balaban J connectivity index is 1.34. The van der Waals surface area contributed by atoms with Crippen LogP contribution in [0.25, 0.3) is 10.8 Å². The Bertz CT molecular complexity index is 1460. The number of imide groups is 1. The molecule has 0 N–H and O–H groups in total. The lowest BCUT2D eigenvalue weighted by molar-refractivity contribution is -0.132. The summed E-state index contributed by atoms with van der Waals surface area (Å²) in [6.45, 7) is 2.39. The minimum atomic E-state index is -0.747. The van der Waals surface area contributed by atoms with Crippen molar-refractivity contribution in [2.24, 2.45) is 11.8 Å². The molecule has 4 atom stereocenters. The third-order valence-corrected chi connectivity index (χ3v) is 8.51. The van der Waals surface area contributed by atoms with Gasteiger partial charge in [-0.15, -0.1) is 0 Å². The number of benzene rings is 3. The zero-order chi connectivity index (χ0) is 25.8. The largest absolute Gasteiger partial charge is 0.497 e. The van der Waals surface area contributed by atoms with Crippen LogP contribution in [0.15, 0.2) is 60.7 Å². The molecule has 0 aromatic heterocycles. The van der Waals surface area contributed by atoms with E-state index in [2.05, 4.69) is 6.07 Å². The number of carbonyl (C=O) groups excluding carboxylic acids is 2. The van der Waals surface area contributed by atoms with Gasteiger partial charge in [0.15, 0.2) is 0 Å². The van der Waals surface area contributed by atoms with Gasteiger partial charge in [-0.25, -0.2) is 4.90 Å². The molecular weight excluding hydrogens is 468 g/mol. The summed E-state index contributed by atoms with van der Waals surface area (Å²) in [5.74, 6) is -0.115. The Morgan fingerprint density at radius 3 is 2.41 bits per heavy atom. The van der Waals surface area contributed by atoms with Crippen LogP contribution in [0, 0.1) is 23.2 Å². The van der Waals surface area contributed by atoms with Crippen LogP contribution in [0.3, 0.4) is 0 Å². The van der Waals surface area contributed by atoms with Gasteiger partial charge in [0.2, 0.25) is 11.8 Å². The van der Waals surface area contributed by atoms with Gasteiger partial charge in [0.25, 0.3) is 0 Å². The second-order valence-corrected chi connectivity index (χ2v) is 10.1. The van der Waals surface area contributed by atoms with Crippen molar-refractivity contribution in [1.29, 1.82) is 5.26 Å². The summed E-state index contributed by atoms with van der Waals surface area (Å²) < 4.78 is 18.0. The van der Waals surface area contributed by atoms with Gasteiger partial charge in [0.1, 0.15) is 11.5 Å². The van der Waals surface area contributed by atoms with Crippen molar-refractivity contribution in [3.8, 4) is 17.6 Å². The molecule has 0 radical (unpaired) electrons. The van der Waals surface area contributed by atoms with E-state index in [0.29, 0.717) is 48.6 Å². The molecule has 3 fully saturated rings. The third-order valence-electron chi connectivity index (χ3n) is 8.51. The van der Waals surface area contributed by atoms with Crippen molar-refractivity contribution in [2.75, 3.05) is 18.6 Å². The summed E-state index contributed by atoms with van der Waals surface area (Å²) in [4.78, 5) is 29.4. The fourth-order valence-corrected chi connectivity index (χ4v) is 6.74. The summed E-state index contributed by atoms with van der Waals surface area (Å²) in [7, 11) is 1.61. The topological polar surface area (TPSA) is 88.9 Å². The molecule has 3 aliphatic rings. The van der Waals surface area contributed by atoms with Gasteiger partial charge in [0.05, 0.1) is 54.1 Å². The number of nitrogens with zero attached hydrogens (tertiary/aromatic N) is 2. The second kappa shape index (κ2) is 8.60. The first-order valence-corrected chi connectivity index (χ1v) is 12.7. The van der Waals surface area contributed by atoms with Crippen molar-refractivity contribution >= 4 is 28.3 Å². The van der Waals surface area contributed by atoms with Crippen LogP contribution < -0.4 is 14.4 Å². The van der Waals surface area contributed by atoms with Crippen LogP contribution in [-0.2, 0) is 14.3 Å². The summed E-state index contributed by atoms with van der Waals surface area (Å²) in [5.41, 5.74) is -0.348. The number of ether oxygens (including phenoxy) is 3. The molecule has 0 unspecified atom stereocenters. The molecule has 3 heterocycles. The number of fused-ring (bicyclic) bond motifs is 6. The molecule has 7 nitrogen and oxygen atoms in total. The van der Waals surface area contributed by atoms with Gasteiger partial charge in [0, 0.05) is 23.3 Å². The molecular formula is C30H28N2O5. The van der Waals surface area contributed by atoms with E-state index in [1.807, 2.05) is 55.5 Å². The van der Waals surface area contributed by atoms with Crippen LogP contribution in [0.2, 0.25) is 0 Å². The lowest BCUT2D eigenvalue weighted by Crippen LogP contribution is -2.43. The van der Waals surface area contributed by atoms with E-state index in [1.165, 1.54) is 4.90 Å². The number of rotatable bonds is 7. The molecule has 2 amide bonds. The average Bonchev–Trinajstić information content (AvgIpc) is 3.54. The molecule has 3 saturated heterocycles. The Hall–Kier alpha value is -3.89. The average molecular weight is 497 g/mol. The molecule has 3 aliphatic heterocycles. The zero-order valence-corrected chi connectivity index (χ0v) is 20.9. The number of hydrogen-bond acceptors (Lipinski definition) is 6. The number of nitriles is 1. The smallest absolute Gasteiger partial charge is 0.240 e. The fraction of sp³-hybridized carbons (Fsp3) is 0.367. The van der Waals surface area contributed by atoms with Crippen molar-refractivity contribution in [3.63, 3.8) is 0 Å². The highest BCUT2D eigenvalue weighted by molar-refractivity contribution is 6.26. The molecule has 0 aliphatic carbocycles. The van der Waals surface area contributed by atoms with Crippen LogP contribution in [0.1, 0.15) is 38.2 Å². The molecule has 0 saturated carbocycles. The zero-order valence-electron chi connectivity index (χ0n) is 20.9. The van der Waals surface area contributed by atoms with Crippen LogP contribution in [0.4, 0.5) is 5.69 Å². The Morgan fingerprint density at radius 1 is 0.973 bits per heavy atom. The number of anilines is 1. The maximum absolute atomic E-state index is 14.1. The maximum atomic E-state index is 14.1. The van der Waals surface area contributed by atoms with Gasteiger partial charge < -0.3 is 14.2 Å². The van der Waals surface area contributed by atoms with Gasteiger partial charge in [-0.05, 0) is 43.5 Å². The van der Waals surface area contributed by atoms with Crippen molar-refractivity contribution in [1.82, 2.24) is 0 Å². The highest BCUT2D eigenvalue weighted by Gasteiger charge is 2.74. The minimum absolute atomic E-state index is 0.206. The van der Waals surface area contributed by atoms with Gasteiger partial charge in [-0.2, -0.15) is 5.26 Å². The molecule has 3 aromatic rings. The van der Waals surface area contributed by atoms with E-state index < -0.39 is 23.0 Å². The molecule has 2 bridgehead atoms. The maximum Gasteiger partial charge on any atom is 0.240 e. The molecule has 7 heteroatoms. The Kier molecular flexibility index (Phi) is 5.46. The van der Waals surface area contributed by atoms with E-state index >= 15 is 0 Å². The summed E-state index contributed by atoms with van der Waals surface area (Å²) in [6, 6.07) is 20.4. The van der Waals surface area contributed by atoms with Gasteiger partial charge >= 0.3 is 0 Å². The molecule has 3 aromatic carbocycles. The molecule has 37 heavy (non-hydrogen) atoms. The predicted octanol–water partition coefficient (Wildman–Crippen LogP) is 5.01.